The van der Waals surface area contributed by atoms with E-state index in [-0.39, 0.29) is 11.5 Å². The van der Waals surface area contributed by atoms with E-state index < -0.39 is 4.92 Å². The highest BCUT2D eigenvalue weighted by atomic mass is 32.1. The second-order valence-electron chi connectivity index (χ2n) is 3.79. The van der Waals surface area contributed by atoms with Crippen LogP contribution in [0.5, 0.6) is 0 Å². The molecule has 0 amide bonds. The van der Waals surface area contributed by atoms with Crippen LogP contribution in [0.2, 0.25) is 0 Å². The summed E-state index contributed by atoms with van der Waals surface area (Å²) >= 11 is 1.55. The van der Waals surface area contributed by atoms with Gasteiger partial charge in [0.1, 0.15) is 0 Å². The average Bonchev–Trinajstić information content (AvgIpc) is 2.72. The Labute approximate surface area is 108 Å². The Morgan fingerprint density at radius 3 is 2.89 bits per heavy atom. The minimum atomic E-state index is -0.420. The van der Waals surface area contributed by atoms with Crippen LogP contribution in [-0.2, 0) is 6.54 Å². The number of aryl methyl sites for hydroxylation is 2. The minimum Gasteiger partial charge on any atom is -0.359 e. The van der Waals surface area contributed by atoms with Gasteiger partial charge < -0.3 is 5.32 Å². The molecule has 0 atom stereocenters. The number of nitrogens with zero attached hydrogens (tertiary/aromatic N) is 3. The van der Waals surface area contributed by atoms with Gasteiger partial charge in [0.15, 0.2) is 0 Å². The molecule has 0 aliphatic heterocycles. The van der Waals surface area contributed by atoms with Crippen molar-refractivity contribution in [1.82, 2.24) is 9.97 Å². The lowest BCUT2D eigenvalue weighted by Gasteiger charge is -2.05. The van der Waals surface area contributed by atoms with E-state index >= 15 is 0 Å². The van der Waals surface area contributed by atoms with Crippen molar-refractivity contribution in [2.75, 3.05) is 5.32 Å². The molecule has 0 aliphatic rings. The Kier molecular flexibility index (Phi) is 3.52. The van der Waals surface area contributed by atoms with Crippen LogP contribution in [0, 0.1) is 24.0 Å². The van der Waals surface area contributed by atoms with Crippen molar-refractivity contribution in [3.8, 4) is 0 Å². The topological polar surface area (TPSA) is 81.0 Å². The summed E-state index contributed by atoms with van der Waals surface area (Å²) in [7, 11) is 0. The van der Waals surface area contributed by atoms with Crippen molar-refractivity contribution in [2.24, 2.45) is 0 Å². The molecule has 6 nitrogen and oxygen atoms in total. The van der Waals surface area contributed by atoms with Gasteiger partial charge in [0.25, 0.3) is 0 Å². The first kappa shape index (κ1) is 12.4. The summed E-state index contributed by atoms with van der Waals surface area (Å²) in [5, 5.41) is 16.8. The van der Waals surface area contributed by atoms with Crippen LogP contribution in [0.4, 0.5) is 11.5 Å². The summed E-state index contributed by atoms with van der Waals surface area (Å²) in [5.74, 6) is 0.283. The van der Waals surface area contributed by atoms with E-state index in [1.165, 1.54) is 0 Å². The lowest BCUT2D eigenvalue weighted by atomic mass is 10.2. The highest BCUT2D eigenvalue weighted by Gasteiger charge is 2.18. The van der Waals surface area contributed by atoms with Gasteiger partial charge in [-0.1, -0.05) is 0 Å². The van der Waals surface area contributed by atoms with Crippen molar-refractivity contribution < 1.29 is 4.92 Å². The number of pyridine rings is 1. The molecule has 0 spiro atoms. The number of thiazole rings is 1. The lowest BCUT2D eigenvalue weighted by molar-refractivity contribution is -0.384. The zero-order valence-corrected chi connectivity index (χ0v) is 10.8. The fourth-order valence-electron chi connectivity index (χ4n) is 1.57. The Morgan fingerprint density at radius 2 is 2.28 bits per heavy atom. The van der Waals surface area contributed by atoms with Gasteiger partial charge in [-0.25, -0.2) is 9.97 Å². The van der Waals surface area contributed by atoms with Crippen molar-refractivity contribution in [3.05, 3.63) is 44.0 Å². The zero-order valence-electron chi connectivity index (χ0n) is 10.0. The average molecular weight is 264 g/mol. The summed E-state index contributed by atoms with van der Waals surface area (Å²) in [6.45, 7) is 4.04. The zero-order chi connectivity index (χ0) is 13.1. The standard InChI is InChI=1S/C11H12N4O2S/c1-7-3-4-12-11(10(7)15(16)17)13-5-9-6-18-8(2)14-9/h3-4,6H,5H2,1-2H3,(H,12,13). The van der Waals surface area contributed by atoms with Gasteiger partial charge in [-0.3, -0.25) is 10.1 Å². The smallest absolute Gasteiger partial charge is 0.314 e. The van der Waals surface area contributed by atoms with Crippen LogP contribution in [0.1, 0.15) is 16.3 Å². The van der Waals surface area contributed by atoms with Crippen LogP contribution >= 0.6 is 11.3 Å². The molecule has 0 saturated carbocycles. The number of hydrogen-bond donors (Lipinski definition) is 1. The molecule has 0 bridgehead atoms. The summed E-state index contributed by atoms with van der Waals surface area (Å²) in [6.07, 6.45) is 1.55. The molecule has 0 fully saturated rings. The van der Waals surface area contributed by atoms with Gasteiger partial charge in [-0.05, 0) is 19.9 Å². The molecule has 18 heavy (non-hydrogen) atoms. The summed E-state index contributed by atoms with van der Waals surface area (Å²) < 4.78 is 0. The Balaban J connectivity index is 2.19. The first-order valence-corrected chi connectivity index (χ1v) is 6.21. The largest absolute Gasteiger partial charge is 0.359 e. The van der Waals surface area contributed by atoms with Gasteiger partial charge >= 0.3 is 5.69 Å². The normalized spacial score (nSPS) is 10.3. The summed E-state index contributed by atoms with van der Waals surface area (Å²) in [4.78, 5) is 18.8. The van der Waals surface area contributed by atoms with E-state index in [2.05, 4.69) is 15.3 Å². The maximum absolute atomic E-state index is 11.0. The number of nitro groups is 1. The predicted octanol–water partition coefficient (Wildman–Crippen LogP) is 2.68. The number of hydrogen-bond acceptors (Lipinski definition) is 6. The minimum absolute atomic E-state index is 0.0180. The van der Waals surface area contributed by atoms with Gasteiger partial charge in [-0.15, -0.1) is 11.3 Å². The molecule has 0 radical (unpaired) electrons. The second-order valence-corrected chi connectivity index (χ2v) is 4.86. The van der Waals surface area contributed by atoms with E-state index in [9.17, 15) is 10.1 Å². The third-order valence-electron chi connectivity index (χ3n) is 2.41. The number of aromatic nitrogens is 2. The van der Waals surface area contributed by atoms with E-state index in [1.54, 1.807) is 30.5 Å². The monoisotopic (exact) mass is 264 g/mol. The third kappa shape index (κ3) is 2.62. The molecule has 2 heterocycles. The Bertz CT molecular complexity index is 582. The van der Waals surface area contributed by atoms with Crippen LogP contribution in [0.15, 0.2) is 17.6 Å². The number of anilines is 1. The molecule has 0 aliphatic carbocycles. The molecule has 2 rings (SSSR count). The van der Waals surface area contributed by atoms with Crippen LogP contribution in [0.25, 0.3) is 0 Å². The molecule has 0 unspecified atom stereocenters. The van der Waals surface area contributed by atoms with Crippen molar-refractivity contribution in [3.63, 3.8) is 0 Å². The van der Waals surface area contributed by atoms with Crippen LogP contribution in [0.3, 0.4) is 0 Å². The second kappa shape index (κ2) is 5.09. The summed E-state index contributed by atoms with van der Waals surface area (Å²) in [6, 6.07) is 1.62. The van der Waals surface area contributed by atoms with Crippen molar-refractivity contribution >= 4 is 22.8 Å². The van der Waals surface area contributed by atoms with Gasteiger partial charge in [0.2, 0.25) is 5.82 Å². The van der Waals surface area contributed by atoms with Crippen LogP contribution in [-0.4, -0.2) is 14.9 Å². The molecular formula is C11H12N4O2S. The Hall–Kier alpha value is -2.02. The van der Waals surface area contributed by atoms with E-state index in [0.29, 0.717) is 12.1 Å². The number of nitrogens with one attached hydrogen (secondary N) is 1. The fraction of sp³-hybridized carbons (Fsp3) is 0.273. The molecule has 0 saturated heterocycles. The molecule has 2 aromatic heterocycles. The molecule has 2 aromatic rings. The van der Waals surface area contributed by atoms with Crippen molar-refractivity contribution in [1.29, 1.82) is 0 Å². The molecule has 94 valence electrons. The molecular weight excluding hydrogens is 252 g/mol. The predicted molar refractivity (Wildman–Crippen MR) is 69.8 cm³/mol. The molecule has 7 heteroatoms. The van der Waals surface area contributed by atoms with E-state index in [1.807, 2.05) is 12.3 Å². The maximum Gasteiger partial charge on any atom is 0.314 e. The van der Waals surface area contributed by atoms with Crippen LogP contribution < -0.4 is 5.32 Å². The summed E-state index contributed by atoms with van der Waals surface area (Å²) in [5.41, 5.74) is 1.46. The SMILES string of the molecule is Cc1nc(CNc2nccc(C)c2[N+](=O)[O-])cs1. The maximum atomic E-state index is 11.0. The third-order valence-corrected chi connectivity index (χ3v) is 3.23. The van der Waals surface area contributed by atoms with Crippen molar-refractivity contribution in [2.45, 2.75) is 20.4 Å². The quantitative estimate of drug-likeness (QED) is 0.678. The van der Waals surface area contributed by atoms with Gasteiger partial charge in [-0.2, -0.15) is 0 Å². The van der Waals surface area contributed by atoms with E-state index in [4.69, 9.17) is 0 Å². The highest BCUT2D eigenvalue weighted by Crippen LogP contribution is 2.25. The Morgan fingerprint density at radius 1 is 1.50 bits per heavy atom. The first-order valence-electron chi connectivity index (χ1n) is 5.33. The van der Waals surface area contributed by atoms with Gasteiger partial charge in [0, 0.05) is 17.1 Å². The fourth-order valence-corrected chi connectivity index (χ4v) is 2.19. The molecule has 0 aromatic carbocycles. The van der Waals surface area contributed by atoms with E-state index in [0.717, 1.165) is 10.7 Å². The number of rotatable bonds is 4. The first-order chi connectivity index (χ1) is 8.58. The lowest BCUT2D eigenvalue weighted by Crippen LogP contribution is -2.06. The molecule has 1 N–H and O–H groups in total. The highest BCUT2D eigenvalue weighted by molar-refractivity contribution is 7.09. The van der Waals surface area contributed by atoms with Gasteiger partial charge in [0.05, 0.1) is 22.2 Å².